The fourth-order valence-corrected chi connectivity index (χ4v) is 2.67. The Morgan fingerprint density at radius 2 is 1.90 bits per heavy atom. The van der Waals surface area contributed by atoms with Gasteiger partial charge >= 0.3 is 0 Å². The molecule has 0 radical (unpaired) electrons. The third-order valence-electron chi connectivity index (χ3n) is 3.73. The normalized spacial score (nSPS) is 17.1. The van der Waals surface area contributed by atoms with Crippen LogP contribution in [-0.4, -0.2) is 41.9 Å². The van der Waals surface area contributed by atoms with Gasteiger partial charge in [-0.05, 0) is 24.3 Å². The van der Waals surface area contributed by atoms with Gasteiger partial charge in [-0.3, -0.25) is 0 Å². The number of benzene rings is 1. The first-order valence-electron chi connectivity index (χ1n) is 7.18. The molecule has 1 N–H and O–H groups in total. The molecule has 0 unspecified atom stereocenters. The van der Waals surface area contributed by atoms with Crippen LogP contribution in [0.3, 0.4) is 0 Å². The van der Waals surface area contributed by atoms with Crippen molar-refractivity contribution in [2.24, 2.45) is 4.99 Å². The van der Waals surface area contributed by atoms with Crippen LogP contribution in [-0.2, 0) is 0 Å². The van der Waals surface area contributed by atoms with Gasteiger partial charge in [0.2, 0.25) is 5.88 Å². The summed E-state index contributed by atoms with van der Waals surface area (Å²) in [5.74, 6) is 2.33. The number of ether oxygens (including phenoxy) is 1. The van der Waals surface area contributed by atoms with E-state index in [1.807, 2.05) is 36.4 Å². The molecule has 0 aliphatic carbocycles. The first-order valence-corrected chi connectivity index (χ1v) is 7.18. The lowest BCUT2D eigenvalue weighted by atomic mass is 10.2. The Morgan fingerprint density at radius 3 is 2.81 bits per heavy atom. The van der Waals surface area contributed by atoms with E-state index >= 15 is 0 Å². The highest BCUT2D eigenvalue weighted by Gasteiger charge is 2.24. The fourth-order valence-electron chi connectivity index (χ4n) is 2.67. The van der Waals surface area contributed by atoms with E-state index in [0.717, 1.165) is 49.0 Å². The first-order chi connectivity index (χ1) is 10.4. The molecule has 0 atom stereocenters. The highest BCUT2D eigenvalue weighted by atomic mass is 16.5. The first kappa shape index (κ1) is 12.3. The van der Waals surface area contributed by atoms with Crippen molar-refractivity contribution < 1.29 is 4.74 Å². The van der Waals surface area contributed by atoms with E-state index in [1.54, 1.807) is 6.20 Å². The molecule has 2 aromatic rings. The summed E-state index contributed by atoms with van der Waals surface area (Å²) in [5, 5.41) is 3.37. The van der Waals surface area contributed by atoms with Crippen molar-refractivity contribution in [1.29, 1.82) is 0 Å². The van der Waals surface area contributed by atoms with Gasteiger partial charge in [0.25, 0.3) is 0 Å². The Bertz CT molecular complexity index is 692. The number of hydrogen-bond acceptors (Lipinski definition) is 5. The average molecular weight is 280 g/mol. The maximum atomic E-state index is 5.96. The maximum Gasteiger partial charge on any atom is 0.230 e. The number of nitrogens with one attached hydrogen (secondary N) is 1. The molecule has 4 rings (SSSR count). The summed E-state index contributed by atoms with van der Waals surface area (Å²) in [6.45, 7) is 3.82. The largest absolute Gasteiger partial charge is 0.436 e. The molecule has 0 saturated carbocycles. The van der Waals surface area contributed by atoms with Crippen molar-refractivity contribution in [1.82, 2.24) is 15.2 Å². The molecule has 5 nitrogen and oxygen atoms in total. The third-order valence-corrected chi connectivity index (χ3v) is 3.73. The fraction of sp³-hybridized carbons (Fsp3) is 0.250. The van der Waals surface area contributed by atoms with Crippen LogP contribution in [0.25, 0.3) is 0 Å². The number of aliphatic imine (C=N–C) groups is 1. The maximum absolute atomic E-state index is 5.96. The predicted molar refractivity (Wildman–Crippen MR) is 81.4 cm³/mol. The van der Waals surface area contributed by atoms with Crippen LogP contribution in [0.15, 0.2) is 47.6 Å². The molecule has 1 fully saturated rings. The van der Waals surface area contributed by atoms with Crippen molar-refractivity contribution in [2.45, 2.75) is 0 Å². The third kappa shape index (κ3) is 2.25. The van der Waals surface area contributed by atoms with Crippen LogP contribution in [0.5, 0.6) is 11.6 Å². The summed E-state index contributed by atoms with van der Waals surface area (Å²) in [7, 11) is 0. The smallest absolute Gasteiger partial charge is 0.230 e. The number of para-hydroxylation sites is 2. The van der Waals surface area contributed by atoms with Gasteiger partial charge in [0.15, 0.2) is 5.75 Å². The van der Waals surface area contributed by atoms with Crippen LogP contribution in [0, 0.1) is 0 Å². The molecule has 0 bridgehead atoms. The highest BCUT2D eigenvalue weighted by Crippen LogP contribution is 2.36. The van der Waals surface area contributed by atoms with Gasteiger partial charge in [-0.1, -0.05) is 12.1 Å². The zero-order chi connectivity index (χ0) is 14.1. The lowest BCUT2D eigenvalue weighted by molar-refractivity contribution is 0.357. The number of fused-ring (bicyclic) bond motifs is 2. The topological polar surface area (TPSA) is 49.8 Å². The molecule has 21 heavy (non-hydrogen) atoms. The lowest BCUT2D eigenvalue weighted by Gasteiger charge is -2.30. The minimum Gasteiger partial charge on any atom is -0.436 e. The summed E-state index contributed by atoms with van der Waals surface area (Å²) in [5.41, 5.74) is 1.81. The van der Waals surface area contributed by atoms with Gasteiger partial charge in [0.1, 0.15) is 11.5 Å². The van der Waals surface area contributed by atoms with Crippen molar-refractivity contribution in [3.63, 3.8) is 0 Å². The summed E-state index contributed by atoms with van der Waals surface area (Å²) in [6.07, 6.45) is 1.75. The number of rotatable bonds is 0. The molecule has 5 heteroatoms. The molecule has 1 saturated heterocycles. The van der Waals surface area contributed by atoms with E-state index in [4.69, 9.17) is 9.73 Å². The Hall–Kier alpha value is -2.40. The lowest BCUT2D eigenvalue weighted by Crippen LogP contribution is -2.46. The predicted octanol–water partition coefficient (Wildman–Crippen LogP) is 2.17. The van der Waals surface area contributed by atoms with E-state index in [2.05, 4.69) is 15.2 Å². The van der Waals surface area contributed by atoms with Crippen LogP contribution in [0.4, 0.5) is 5.69 Å². The zero-order valence-electron chi connectivity index (χ0n) is 11.6. The second-order valence-corrected chi connectivity index (χ2v) is 5.10. The Kier molecular flexibility index (Phi) is 3.05. The molecule has 2 aliphatic rings. The molecular weight excluding hydrogens is 264 g/mol. The number of aromatic nitrogens is 1. The van der Waals surface area contributed by atoms with Gasteiger partial charge < -0.3 is 15.0 Å². The Balaban J connectivity index is 1.87. The summed E-state index contributed by atoms with van der Waals surface area (Å²) in [6, 6.07) is 11.8. The van der Waals surface area contributed by atoms with E-state index in [0.29, 0.717) is 5.88 Å². The second-order valence-electron chi connectivity index (χ2n) is 5.10. The zero-order valence-corrected chi connectivity index (χ0v) is 11.6. The molecular formula is C16H16N4O. The summed E-state index contributed by atoms with van der Waals surface area (Å²) >= 11 is 0. The van der Waals surface area contributed by atoms with Crippen LogP contribution in [0.2, 0.25) is 0 Å². The van der Waals surface area contributed by atoms with Gasteiger partial charge in [-0.25, -0.2) is 9.98 Å². The average Bonchev–Trinajstić information content (AvgIpc) is 2.72. The van der Waals surface area contributed by atoms with Gasteiger partial charge in [-0.15, -0.1) is 0 Å². The van der Waals surface area contributed by atoms with E-state index in [9.17, 15) is 0 Å². The quantitative estimate of drug-likeness (QED) is 0.803. The molecule has 0 amide bonds. The number of hydrogen-bond donors (Lipinski definition) is 1. The van der Waals surface area contributed by atoms with Gasteiger partial charge in [0.05, 0.1) is 5.56 Å². The number of amidine groups is 1. The number of nitrogens with zero attached hydrogens (tertiary/aromatic N) is 3. The van der Waals surface area contributed by atoms with Crippen molar-refractivity contribution in [2.75, 3.05) is 26.2 Å². The minimum atomic E-state index is 0.625. The standard InChI is InChI=1S/C16H16N4O/c1-2-6-14-13(5-1)19-15(20-10-8-17-9-11-20)12-4-3-7-18-16(12)21-14/h1-7,17H,8-11H2. The highest BCUT2D eigenvalue weighted by molar-refractivity contribution is 6.03. The van der Waals surface area contributed by atoms with E-state index in [-0.39, 0.29) is 0 Å². The molecule has 1 aromatic heterocycles. The van der Waals surface area contributed by atoms with Crippen LogP contribution in [0.1, 0.15) is 5.56 Å². The second kappa shape index (κ2) is 5.18. The molecule has 3 heterocycles. The van der Waals surface area contributed by atoms with Crippen LogP contribution < -0.4 is 10.1 Å². The minimum absolute atomic E-state index is 0.625. The van der Waals surface area contributed by atoms with Crippen molar-refractivity contribution in [3.8, 4) is 11.6 Å². The van der Waals surface area contributed by atoms with Crippen molar-refractivity contribution in [3.05, 3.63) is 48.2 Å². The molecule has 1 aromatic carbocycles. The van der Waals surface area contributed by atoms with Gasteiger partial charge in [-0.2, -0.15) is 0 Å². The number of piperazine rings is 1. The molecule has 0 spiro atoms. The number of pyridine rings is 1. The van der Waals surface area contributed by atoms with Gasteiger partial charge in [0, 0.05) is 32.4 Å². The monoisotopic (exact) mass is 280 g/mol. The molecule has 2 aliphatic heterocycles. The molecule has 106 valence electrons. The Morgan fingerprint density at radius 1 is 1.05 bits per heavy atom. The summed E-state index contributed by atoms with van der Waals surface area (Å²) < 4.78 is 5.96. The van der Waals surface area contributed by atoms with Crippen molar-refractivity contribution >= 4 is 11.5 Å². The van der Waals surface area contributed by atoms with E-state index < -0.39 is 0 Å². The van der Waals surface area contributed by atoms with Crippen LogP contribution >= 0.6 is 0 Å². The SMILES string of the molecule is c1ccc2c(c1)N=C(N1CCNCC1)c1cccnc1O2. The van der Waals surface area contributed by atoms with E-state index in [1.165, 1.54) is 0 Å². The Labute approximate surface area is 123 Å². The summed E-state index contributed by atoms with van der Waals surface area (Å²) in [4.78, 5) is 11.5.